The van der Waals surface area contributed by atoms with Crippen molar-refractivity contribution in [2.75, 3.05) is 19.7 Å². The molecule has 96 valence electrons. The molecule has 0 aromatic carbocycles. The average molecular weight is 229 g/mol. The Hall–Kier alpha value is -0.570. The molecule has 0 unspecified atom stereocenters. The molecule has 0 radical (unpaired) electrons. The summed E-state index contributed by atoms with van der Waals surface area (Å²) < 4.78 is 4.86. The van der Waals surface area contributed by atoms with Gasteiger partial charge in [-0.2, -0.15) is 0 Å². The monoisotopic (exact) mass is 229 g/mol. The summed E-state index contributed by atoms with van der Waals surface area (Å²) in [6.07, 6.45) is 5.01. The molecule has 1 N–H and O–H groups in total. The lowest BCUT2D eigenvalue weighted by molar-refractivity contribution is -0.143. The van der Waals surface area contributed by atoms with Gasteiger partial charge < -0.3 is 10.1 Å². The quantitative estimate of drug-likeness (QED) is 0.462. The number of carbonyl (C=O) groups is 1. The summed E-state index contributed by atoms with van der Waals surface area (Å²) >= 11 is 0. The summed E-state index contributed by atoms with van der Waals surface area (Å²) in [4.78, 5) is 11.0. The van der Waals surface area contributed by atoms with Crippen molar-refractivity contribution in [2.45, 2.75) is 52.9 Å². The molecule has 3 heteroatoms. The van der Waals surface area contributed by atoms with Crippen molar-refractivity contribution in [3.05, 3.63) is 0 Å². The Morgan fingerprint density at radius 3 is 2.56 bits per heavy atom. The Bertz CT molecular complexity index is 169. The van der Waals surface area contributed by atoms with Crippen LogP contribution in [0.2, 0.25) is 0 Å². The van der Waals surface area contributed by atoms with Gasteiger partial charge in [-0.1, -0.05) is 20.3 Å². The molecule has 0 aliphatic rings. The summed E-state index contributed by atoms with van der Waals surface area (Å²) in [7, 11) is 0. The zero-order valence-electron chi connectivity index (χ0n) is 11.1. The van der Waals surface area contributed by atoms with Crippen molar-refractivity contribution in [1.29, 1.82) is 0 Å². The first-order chi connectivity index (χ1) is 7.66. The van der Waals surface area contributed by atoms with Gasteiger partial charge in [0.15, 0.2) is 0 Å². The van der Waals surface area contributed by atoms with E-state index in [0.717, 1.165) is 38.3 Å². The summed E-state index contributed by atoms with van der Waals surface area (Å²) in [6, 6.07) is 0. The fraction of sp³-hybridized carbons (Fsp3) is 0.923. The number of esters is 1. The molecule has 0 fully saturated rings. The second-order valence-electron chi connectivity index (χ2n) is 4.55. The molecule has 0 atom stereocenters. The molecule has 0 aromatic rings. The van der Waals surface area contributed by atoms with Gasteiger partial charge in [0.05, 0.1) is 6.61 Å². The maximum absolute atomic E-state index is 11.0. The summed E-state index contributed by atoms with van der Waals surface area (Å²) in [5.41, 5.74) is 0. The number of nitrogens with one attached hydrogen (secondary N) is 1. The molecule has 0 aromatic heterocycles. The number of rotatable bonds is 10. The van der Waals surface area contributed by atoms with E-state index in [0.29, 0.717) is 13.0 Å². The summed E-state index contributed by atoms with van der Waals surface area (Å²) in [6.45, 7) is 8.99. The lowest BCUT2D eigenvalue weighted by Gasteiger charge is -2.06. The van der Waals surface area contributed by atoms with Crippen molar-refractivity contribution in [3.63, 3.8) is 0 Å². The highest BCUT2D eigenvalue weighted by atomic mass is 16.5. The maximum atomic E-state index is 11.0. The zero-order valence-corrected chi connectivity index (χ0v) is 11.1. The predicted molar refractivity (Wildman–Crippen MR) is 67.4 cm³/mol. The van der Waals surface area contributed by atoms with E-state index in [2.05, 4.69) is 19.2 Å². The minimum absolute atomic E-state index is 0.0599. The minimum atomic E-state index is -0.0599. The van der Waals surface area contributed by atoms with Gasteiger partial charge in [0.25, 0.3) is 0 Å². The van der Waals surface area contributed by atoms with Gasteiger partial charge in [0, 0.05) is 6.42 Å². The van der Waals surface area contributed by atoms with E-state index in [1.165, 1.54) is 6.42 Å². The lowest BCUT2D eigenvalue weighted by atomic mass is 10.1. The third-order valence-electron chi connectivity index (χ3n) is 2.44. The first-order valence-electron chi connectivity index (χ1n) is 6.53. The Morgan fingerprint density at radius 2 is 1.94 bits per heavy atom. The van der Waals surface area contributed by atoms with Crippen LogP contribution < -0.4 is 5.32 Å². The van der Waals surface area contributed by atoms with Crippen molar-refractivity contribution >= 4 is 5.97 Å². The number of carbonyl (C=O) groups excluding carboxylic acids is 1. The van der Waals surface area contributed by atoms with Crippen LogP contribution >= 0.6 is 0 Å². The molecule has 16 heavy (non-hydrogen) atoms. The topological polar surface area (TPSA) is 38.3 Å². The Morgan fingerprint density at radius 1 is 1.19 bits per heavy atom. The Labute approximate surface area is 99.9 Å². The van der Waals surface area contributed by atoms with Crippen molar-refractivity contribution in [3.8, 4) is 0 Å². The highest BCUT2D eigenvalue weighted by Crippen LogP contribution is 2.01. The predicted octanol–water partition coefficient (Wildman–Crippen LogP) is 2.75. The largest absolute Gasteiger partial charge is 0.466 e. The molecular weight excluding hydrogens is 202 g/mol. The van der Waals surface area contributed by atoms with E-state index in [9.17, 15) is 4.79 Å². The molecule has 0 aliphatic carbocycles. The standard InChI is InChI=1S/C13H27NO2/c1-4-16-13(15)8-6-5-7-10-14-11-9-12(2)3/h12,14H,4-11H2,1-3H3. The Balaban J connectivity index is 3.07. The third kappa shape index (κ3) is 11.5. The SMILES string of the molecule is CCOC(=O)CCCCCNCCC(C)C. The fourth-order valence-electron chi connectivity index (χ4n) is 1.45. The highest BCUT2D eigenvalue weighted by Gasteiger charge is 2.00. The molecule has 0 saturated heterocycles. The molecule has 3 nitrogen and oxygen atoms in total. The van der Waals surface area contributed by atoms with Crippen molar-refractivity contribution in [2.24, 2.45) is 5.92 Å². The molecule has 0 saturated carbocycles. The molecule has 0 heterocycles. The van der Waals surface area contributed by atoms with E-state index < -0.39 is 0 Å². The highest BCUT2D eigenvalue weighted by molar-refractivity contribution is 5.69. The summed E-state index contributed by atoms with van der Waals surface area (Å²) in [5, 5.41) is 3.41. The summed E-state index contributed by atoms with van der Waals surface area (Å²) in [5.74, 6) is 0.714. The second-order valence-corrected chi connectivity index (χ2v) is 4.55. The van der Waals surface area contributed by atoms with E-state index >= 15 is 0 Å². The molecule has 0 rings (SSSR count). The van der Waals surface area contributed by atoms with E-state index in [1.807, 2.05) is 6.92 Å². The maximum Gasteiger partial charge on any atom is 0.305 e. The normalized spacial score (nSPS) is 10.8. The van der Waals surface area contributed by atoms with Crippen LogP contribution in [-0.2, 0) is 9.53 Å². The van der Waals surface area contributed by atoms with E-state index in [4.69, 9.17) is 4.74 Å². The van der Waals surface area contributed by atoms with Crippen LogP contribution in [0.4, 0.5) is 0 Å². The van der Waals surface area contributed by atoms with Crippen LogP contribution in [0.15, 0.2) is 0 Å². The number of hydrogen-bond donors (Lipinski definition) is 1. The number of hydrogen-bond acceptors (Lipinski definition) is 3. The van der Waals surface area contributed by atoms with Crippen LogP contribution in [0.25, 0.3) is 0 Å². The van der Waals surface area contributed by atoms with Crippen LogP contribution in [0, 0.1) is 5.92 Å². The first kappa shape index (κ1) is 15.4. The van der Waals surface area contributed by atoms with Crippen molar-refractivity contribution < 1.29 is 9.53 Å². The van der Waals surface area contributed by atoms with Crippen LogP contribution in [0.5, 0.6) is 0 Å². The van der Waals surface area contributed by atoms with Gasteiger partial charge in [-0.05, 0) is 45.2 Å². The molecule has 0 aliphatic heterocycles. The second kappa shape index (κ2) is 10.9. The van der Waals surface area contributed by atoms with E-state index in [-0.39, 0.29) is 5.97 Å². The lowest BCUT2D eigenvalue weighted by Crippen LogP contribution is -2.18. The average Bonchev–Trinajstić information content (AvgIpc) is 2.22. The Kier molecular flexibility index (Phi) is 10.5. The molecule has 0 spiro atoms. The fourth-order valence-corrected chi connectivity index (χ4v) is 1.45. The van der Waals surface area contributed by atoms with Gasteiger partial charge in [-0.25, -0.2) is 0 Å². The van der Waals surface area contributed by atoms with Gasteiger partial charge >= 0.3 is 5.97 Å². The van der Waals surface area contributed by atoms with Gasteiger partial charge in [-0.3, -0.25) is 4.79 Å². The van der Waals surface area contributed by atoms with Crippen LogP contribution in [0.1, 0.15) is 52.9 Å². The zero-order chi connectivity index (χ0) is 12.2. The third-order valence-corrected chi connectivity index (χ3v) is 2.44. The first-order valence-corrected chi connectivity index (χ1v) is 6.53. The van der Waals surface area contributed by atoms with E-state index in [1.54, 1.807) is 0 Å². The van der Waals surface area contributed by atoms with Crippen molar-refractivity contribution in [1.82, 2.24) is 5.32 Å². The molecule has 0 bridgehead atoms. The van der Waals surface area contributed by atoms with Gasteiger partial charge in [0.1, 0.15) is 0 Å². The van der Waals surface area contributed by atoms with Gasteiger partial charge in [0.2, 0.25) is 0 Å². The smallest absolute Gasteiger partial charge is 0.305 e. The molecular formula is C13H27NO2. The minimum Gasteiger partial charge on any atom is -0.466 e. The molecule has 0 amide bonds. The van der Waals surface area contributed by atoms with Crippen LogP contribution in [0.3, 0.4) is 0 Å². The van der Waals surface area contributed by atoms with Gasteiger partial charge in [-0.15, -0.1) is 0 Å². The van der Waals surface area contributed by atoms with Crippen LogP contribution in [-0.4, -0.2) is 25.7 Å². The number of ether oxygens (including phenoxy) is 1. The number of unbranched alkanes of at least 4 members (excludes halogenated alkanes) is 2.